The SMILES string of the molecule is Cc1nn(C)cc1C(C)NC(=O)C(C)Cn1nc([N+](=O)[O-])cc1C. The van der Waals surface area contributed by atoms with Crippen molar-refractivity contribution in [3.63, 3.8) is 0 Å². The van der Waals surface area contributed by atoms with Crippen LogP contribution in [0.3, 0.4) is 0 Å². The van der Waals surface area contributed by atoms with Crippen molar-refractivity contribution in [1.82, 2.24) is 24.9 Å². The summed E-state index contributed by atoms with van der Waals surface area (Å²) in [5, 5.41) is 21.9. The van der Waals surface area contributed by atoms with Gasteiger partial charge in [0.2, 0.25) is 5.91 Å². The number of rotatable bonds is 6. The Hall–Kier alpha value is -2.71. The topological polar surface area (TPSA) is 108 Å². The summed E-state index contributed by atoms with van der Waals surface area (Å²) in [6.07, 6.45) is 1.88. The van der Waals surface area contributed by atoms with Gasteiger partial charge in [-0.2, -0.15) is 9.78 Å². The number of aryl methyl sites for hydroxylation is 3. The Balaban J connectivity index is 2.02. The lowest BCUT2D eigenvalue weighted by atomic mass is 10.1. The molecule has 9 nitrogen and oxygen atoms in total. The van der Waals surface area contributed by atoms with E-state index in [4.69, 9.17) is 0 Å². The fraction of sp³-hybridized carbons (Fsp3) is 0.533. The summed E-state index contributed by atoms with van der Waals surface area (Å²) in [7, 11) is 1.83. The van der Waals surface area contributed by atoms with Gasteiger partial charge in [-0.1, -0.05) is 6.92 Å². The lowest BCUT2D eigenvalue weighted by molar-refractivity contribution is -0.389. The molecule has 2 aromatic heterocycles. The normalized spacial score (nSPS) is 13.5. The van der Waals surface area contributed by atoms with Crippen molar-refractivity contribution in [3.8, 4) is 0 Å². The van der Waals surface area contributed by atoms with Crippen LogP contribution in [0.4, 0.5) is 5.82 Å². The van der Waals surface area contributed by atoms with Gasteiger partial charge in [0.05, 0.1) is 41.1 Å². The fourth-order valence-corrected chi connectivity index (χ4v) is 2.59. The number of hydrogen-bond donors (Lipinski definition) is 1. The Kier molecular flexibility index (Phi) is 5.01. The Morgan fingerprint density at radius 2 is 2.04 bits per heavy atom. The predicted molar refractivity (Wildman–Crippen MR) is 87.3 cm³/mol. The molecule has 24 heavy (non-hydrogen) atoms. The van der Waals surface area contributed by atoms with E-state index in [0.717, 1.165) is 11.3 Å². The van der Waals surface area contributed by atoms with E-state index in [9.17, 15) is 14.9 Å². The Bertz CT molecular complexity index is 763. The van der Waals surface area contributed by atoms with Crippen LogP contribution in [-0.4, -0.2) is 30.4 Å². The second-order valence-corrected chi connectivity index (χ2v) is 6.06. The minimum atomic E-state index is -0.540. The summed E-state index contributed by atoms with van der Waals surface area (Å²) in [5.74, 6) is -0.717. The van der Waals surface area contributed by atoms with E-state index >= 15 is 0 Å². The van der Waals surface area contributed by atoms with E-state index < -0.39 is 4.92 Å². The third-order valence-corrected chi connectivity index (χ3v) is 3.93. The van der Waals surface area contributed by atoms with E-state index in [-0.39, 0.29) is 30.2 Å². The molecule has 0 saturated heterocycles. The highest BCUT2D eigenvalue weighted by Gasteiger charge is 2.22. The summed E-state index contributed by atoms with van der Waals surface area (Å²) in [4.78, 5) is 22.6. The predicted octanol–water partition coefficient (Wildman–Crippen LogP) is 1.66. The van der Waals surface area contributed by atoms with Crippen LogP contribution in [0.1, 0.15) is 36.8 Å². The molecule has 0 bridgehead atoms. The molecule has 0 aliphatic heterocycles. The molecular weight excluding hydrogens is 312 g/mol. The molecule has 0 spiro atoms. The number of carbonyl (C=O) groups is 1. The van der Waals surface area contributed by atoms with Crippen LogP contribution in [0.5, 0.6) is 0 Å². The lowest BCUT2D eigenvalue weighted by Gasteiger charge is -2.17. The zero-order valence-electron chi connectivity index (χ0n) is 14.5. The Labute approximate surface area is 139 Å². The van der Waals surface area contributed by atoms with E-state index in [0.29, 0.717) is 5.69 Å². The van der Waals surface area contributed by atoms with Crippen molar-refractivity contribution in [2.75, 3.05) is 0 Å². The smallest absolute Gasteiger partial charge is 0.358 e. The Morgan fingerprint density at radius 3 is 2.54 bits per heavy atom. The zero-order chi connectivity index (χ0) is 18.0. The molecule has 9 heteroatoms. The molecule has 1 N–H and O–H groups in total. The van der Waals surface area contributed by atoms with Crippen molar-refractivity contribution < 1.29 is 9.72 Å². The molecule has 130 valence electrons. The highest BCUT2D eigenvalue weighted by molar-refractivity contribution is 5.78. The maximum atomic E-state index is 12.4. The maximum absolute atomic E-state index is 12.4. The van der Waals surface area contributed by atoms with Crippen molar-refractivity contribution in [1.29, 1.82) is 0 Å². The molecule has 0 fully saturated rings. The number of nitro groups is 1. The number of nitrogens with one attached hydrogen (secondary N) is 1. The average Bonchev–Trinajstić information content (AvgIpc) is 3.01. The first-order chi connectivity index (χ1) is 11.2. The van der Waals surface area contributed by atoms with Crippen molar-refractivity contribution in [2.24, 2.45) is 13.0 Å². The quantitative estimate of drug-likeness (QED) is 0.638. The van der Waals surface area contributed by atoms with E-state index in [1.165, 1.54) is 10.7 Å². The monoisotopic (exact) mass is 334 g/mol. The molecule has 0 radical (unpaired) electrons. The molecule has 2 rings (SSSR count). The molecule has 0 saturated carbocycles. The lowest BCUT2D eigenvalue weighted by Crippen LogP contribution is -2.34. The van der Waals surface area contributed by atoms with Gasteiger partial charge in [0.1, 0.15) is 0 Å². The number of nitrogens with zero attached hydrogens (tertiary/aromatic N) is 5. The highest BCUT2D eigenvalue weighted by Crippen LogP contribution is 2.17. The van der Waals surface area contributed by atoms with Crippen LogP contribution in [-0.2, 0) is 18.4 Å². The zero-order valence-corrected chi connectivity index (χ0v) is 14.5. The van der Waals surface area contributed by atoms with Gasteiger partial charge in [0, 0.05) is 18.8 Å². The van der Waals surface area contributed by atoms with Crippen LogP contribution in [0.2, 0.25) is 0 Å². The molecular formula is C15H22N6O3. The van der Waals surface area contributed by atoms with Gasteiger partial charge >= 0.3 is 5.82 Å². The van der Waals surface area contributed by atoms with Crippen molar-refractivity contribution >= 4 is 11.7 Å². The van der Waals surface area contributed by atoms with Crippen LogP contribution < -0.4 is 5.32 Å². The van der Waals surface area contributed by atoms with Gasteiger partial charge in [-0.05, 0) is 25.7 Å². The van der Waals surface area contributed by atoms with Gasteiger partial charge in [-0.15, -0.1) is 0 Å². The van der Waals surface area contributed by atoms with E-state index in [1.807, 2.05) is 27.1 Å². The fourth-order valence-electron chi connectivity index (χ4n) is 2.59. The van der Waals surface area contributed by atoms with Gasteiger partial charge in [-0.3, -0.25) is 9.48 Å². The molecule has 2 aromatic rings. The number of hydrogen-bond acceptors (Lipinski definition) is 5. The molecule has 1 amide bonds. The second-order valence-electron chi connectivity index (χ2n) is 6.06. The first-order valence-electron chi connectivity index (χ1n) is 7.68. The van der Waals surface area contributed by atoms with Crippen LogP contribution in [0, 0.1) is 29.9 Å². The summed E-state index contributed by atoms with van der Waals surface area (Å²) in [6, 6.07) is 1.23. The highest BCUT2D eigenvalue weighted by atomic mass is 16.6. The standard InChI is InChI=1S/C15H22N6O3/c1-9(7-20-10(2)6-14(18-20)21(23)24)15(22)16-11(3)13-8-19(5)17-12(13)4/h6,8-9,11H,7H2,1-5H3,(H,16,22). The maximum Gasteiger partial charge on any atom is 0.390 e. The molecule has 2 heterocycles. The van der Waals surface area contributed by atoms with E-state index in [2.05, 4.69) is 15.5 Å². The summed E-state index contributed by atoms with van der Waals surface area (Å²) in [5.41, 5.74) is 2.48. The number of carbonyl (C=O) groups excluding carboxylic acids is 1. The van der Waals surface area contributed by atoms with Crippen LogP contribution in [0.15, 0.2) is 12.3 Å². The van der Waals surface area contributed by atoms with Gasteiger partial charge in [0.15, 0.2) is 0 Å². The third-order valence-electron chi connectivity index (χ3n) is 3.93. The minimum Gasteiger partial charge on any atom is -0.358 e. The van der Waals surface area contributed by atoms with E-state index in [1.54, 1.807) is 18.5 Å². The van der Waals surface area contributed by atoms with Crippen molar-refractivity contribution in [3.05, 3.63) is 39.3 Å². The summed E-state index contributed by atoms with van der Waals surface area (Å²) < 4.78 is 3.20. The molecule has 2 unspecified atom stereocenters. The molecule has 0 aliphatic rings. The molecule has 2 atom stereocenters. The van der Waals surface area contributed by atoms with Crippen LogP contribution >= 0.6 is 0 Å². The first kappa shape index (κ1) is 17.6. The Morgan fingerprint density at radius 1 is 1.38 bits per heavy atom. The average molecular weight is 334 g/mol. The number of amides is 1. The van der Waals surface area contributed by atoms with Gasteiger partial charge in [-0.25, -0.2) is 0 Å². The van der Waals surface area contributed by atoms with Crippen molar-refractivity contribution in [2.45, 2.75) is 40.3 Å². The third kappa shape index (κ3) is 3.79. The van der Waals surface area contributed by atoms with Crippen LogP contribution in [0.25, 0.3) is 0 Å². The molecule has 0 aromatic carbocycles. The summed E-state index contributed by atoms with van der Waals surface area (Å²) >= 11 is 0. The van der Waals surface area contributed by atoms with Gasteiger partial charge < -0.3 is 15.4 Å². The molecule has 0 aliphatic carbocycles. The summed E-state index contributed by atoms with van der Waals surface area (Å²) in [6.45, 7) is 7.58. The number of aromatic nitrogens is 4. The minimum absolute atomic E-state index is 0.136. The first-order valence-corrected chi connectivity index (χ1v) is 7.68. The van der Waals surface area contributed by atoms with Gasteiger partial charge in [0.25, 0.3) is 0 Å². The largest absolute Gasteiger partial charge is 0.390 e. The second kappa shape index (κ2) is 6.81.